The summed E-state index contributed by atoms with van der Waals surface area (Å²) in [5.41, 5.74) is 9.58. The van der Waals surface area contributed by atoms with E-state index in [1.807, 2.05) is 37.3 Å². The first-order valence-corrected chi connectivity index (χ1v) is 11.2. The largest absolute Gasteiger partial charge is 0.496 e. The molecule has 4 rings (SSSR count). The number of ether oxygens (including phenoxy) is 2. The number of carbonyl (C=O) groups excluding carboxylic acids is 2. The lowest BCUT2D eigenvalue weighted by atomic mass is 9.99. The normalized spacial score (nSPS) is 11.4. The van der Waals surface area contributed by atoms with Gasteiger partial charge in [-0.15, -0.1) is 11.3 Å². The minimum absolute atomic E-state index is 0.0255. The van der Waals surface area contributed by atoms with Crippen molar-refractivity contribution in [3.63, 3.8) is 0 Å². The maximum Gasteiger partial charge on any atom is 0.250 e. The summed E-state index contributed by atoms with van der Waals surface area (Å²) in [6.07, 6.45) is 3.18. The number of primary amides is 1. The Morgan fingerprint density at radius 2 is 1.91 bits per heavy atom. The summed E-state index contributed by atoms with van der Waals surface area (Å²) in [4.78, 5) is 27.9. The number of rotatable bonds is 8. The quantitative estimate of drug-likeness (QED) is 0.357. The molecule has 0 radical (unpaired) electrons. The highest BCUT2D eigenvalue weighted by molar-refractivity contribution is 7.14. The van der Waals surface area contributed by atoms with Crippen molar-refractivity contribution in [2.45, 2.75) is 13.3 Å². The van der Waals surface area contributed by atoms with Gasteiger partial charge < -0.3 is 19.6 Å². The van der Waals surface area contributed by atoms with E-state index in [1.165, 1.54) is 17.4 Å². The number of furan rings is 1. The molecular formula is C25H23N3O5S. The molecule has 0 fully saturated rings. The molecule has 0 bridgehead atoms. The van der Waals surface area contributed by atoms with Crippen molar-refractivity contribution in [1.82, 2.24) is 4.98 Å². The van der Waals surface area contributed by atoms with Crippen LogP contribution in [0.2, 0.25) is 0 Å². The molecule has 8 nitrogen and oxygen atoms in total. The van der Waals surface area contributed by atoms with Crippen LogP contribution in [0, 0.1) is 0 Å². The van der Waals surface area contributed by atoms with E-state index in [-0.39, 0.29) is 12.3 Å². The van der Waals surface area contributed by atoms with E-state index in [0.29, 0.717) is 27.7 Å². The molecule has 0 saturated carbocycles. The van der Waals surface area contributed by atoms with Crippen molar-refractivity contribution in [2.75, 3.05) is 19.5 Å². The van der Waals surface area contributed by atoms with Crippen LogP contribution in [-0.2, 0) is 16.0 Å². The van der Waals surface area contributed by atoms with Crippen LogP contribution in [0.5, 0.6) is 11.5 Å². The lowest BCUT2D eigenvalue weighted by Gasteiger charge is -2.11. The molecule has 0 aliphatic carbocycles. The predicted octanol–water partition coefficient (Wildman–Crippen LogP) is 4.64. The van der Waals surface area contributed by atoms with E-state index in [0.717, 1.165) is 27.8 Å². The number of nitrogens with two attached hydrogens (primary N) is 1. The maximum absolute atomic E-state index is 12.6. The topological polar surface area (TPSA) is 117 Å². The van der Waals surface area contributed by atoms with Gasteiger partial charge in [-0.25, -0.2) is 4.98 Å². The number of methoxy groups -OCH3 is 2. The second kappa shape index (κ2) is 9.80. The van der Waals surface area contributed by atoms with Crippen molar-refractivity contribution in [3.8, 4) is 22.6 Å². The molecule has 174 valence electrons. The molecule has 0 spiro atoms. The number of anilines is 1. The Kier molecular flexibility index (Phi) is 6.65. The lowest BCUT2D eigenvalue weighted by Crippen LogP contribution is -2.14. The second-order valence-electron chi connectivity index (χ2n) is 7.50. The molecule has 2 heterocycles. The van der Waals surface area contributed by atoms with Gasteiger partial charge in [0.15, 0.2) is 5.13 Å². The molecule has 0 aliphatic rings. The molecule has 0 unspecified atom stereocenters. The molecular weight excluding hydrogens is 454 g/mol. The Labute approximate surface area is 200 Å². The van der Waals surface area contributed by atoms with E-state index in [4.69, 9.17) is 19.6 Å². The third kappa shape index (κ3) is 4.79. The number of para-hydroxylation sites is 1. The number of benzene rings is 2. The highest BCUT2D eigenvalue weighted by Gasteiger charge is 2.17. The summed E-state index contributed by atoms with van der Waals surface area (Å²) in [6.45, 7) is 1.83. The Morgan fingerprint density at radius 1 is 1.15 bits per heavy atom. The Balaban J connectivity index is 1.67. The third-order valence-corrected chi connectivity index (χ3v) is 6.01. The summed E-state index contributed by atoms with van der Waals surface area (Å²) in [6, 6.07) is 11.4. The van der Waals surface area contributed by atoms with E-state index >= 15 is 0 Å². The summed E-state index contributed by atoms with van der Waals surface area (Å²) in [7, 11) is 3.19. The zero-order valence-electron chi connectivity index (χ0n) is 18.9. The zero-order chi connectivity index (χ0) is 24.2. The molecule has 0 aliphatic heterocycles. The van der Waals surface area contributed by atoms with E-state index in [9.17, 15) is 9.59 Å². The molecule has 0 saturated heterocycles. The molecule has 0 atom stereocenters. The van der Waals surface area contributed by atoms with Crippen LogP contribution in [-0.4, -0.2) is 31.0 Å². The molecule has 2 amide bonds. The highest BCUT2D eigenvalue weighted by Crippen LogP contribution is 2.40. The fourth-order valence-electron chi connectivity index (χ4n) is 3.65. The van der Waals surface area contributed by atoms with Gasteiger partial charge in [-0.3, -0.25) is 14.9 Å². The van der Waals surface area contributed by atoms with Gasteiger partial charge >= 0.3 is 0 Å². The van der Waals surface area contributed by atoms with Crippen LogP contribution < -0.4 is 20.5 Å². The van der Waals surface area contributed by atoms with Gasteiger partial charge in [0.25, 0.3) is 0 Å². The maximum atomic E-state index is 12.6. The van der Waals surface area contributed by atoms with Crippen LogP contribution in [0.25, 0.3) is 27.7 Å². The summed E-state index contributed by atoms with van der Waals surface area (Å²) in [5, 5.41) is 5.66. The average Bonchev–Trinajstić information content (AvgIpc) is 3.43. The number of hydrogen-bond acceptors (Lipinski definition) is 7. The number of fused-ring (bicyclic) bond motifs is 1. The van der Waals surface area contributed by atoms with Crippen LogP contribution in [0.3, 0.4) is 0 Å². The SMILES string of the molecule is COc1cc2occ(-c3ccccc3OC)c2cc1/C(C)=C/C(=O)Nc1nc(CC(N)=O)cs1. The summed E-state index contributed by atoms with van der Waals surface area (Å²) in [5.74, 6) is 0.478. The number of aromatic nitrogens is 1. The number of allylic oxidation sites excluding steroid dienone is 1. The summed E-state index contributed by atoms with van der Waals surface area (Å²) >= 11 is 1.23. The molecule has 3 N–H and O–H groups in total. The van der Waals surface area contributed by atoms with Gasteiger partial charge in [-0.05, 0) is 24.6 Å². The van der Waals surface area contributed by atoms with Crippen molar-refractivity contribution in [2.24, 2.45) is 5.73 Å². The van der Waals surface area contributed by atoms with E-state index in [2.05, 4.69) is 10.3 Å². The van der Waals surface area contributed by atoms with Gasteiger partial charge in [0, 0.05) is 39.6 Å². The van der Waals surface area contributed by atoms with Crippen molar-refractivity contribution < 1.29 is 23.5 Å². The van der Waals surface area contributed by atoms with Crippen LogP contribution in [0.1, 0.15) is 18.2 Å². The average molecular weight is 478 g/mol. The minimum Gasteiger partial charge on any atom is -0.496 e. The second-order valence-corrected chi connectivity index (χ2v) is 8.36. The van der Waals surface area contributed by atoms with Gasteiger partial charge in [-0.1, -0.05) is 18.2 Å². The number of hydrogen-bond donors (Lipinski definition) is 2. The molecule has 2 aromatic carbocycles. The molecule has 9 heteroatoms. The third-order valence-electron chi connectivity index (χ3n) is 5.20. The van der Waals surface area contributed by atoms with Gasteiger partial charge in [0.2, 0.25) is 11.8 Å². The van der Waals surface area contributed by atoms with Crippen LogP contribution >= 0.6 is 11.3 Å². The summed E-state index contributed by atoms with van der Waals surface area (Å²) < 4.78 is 16.9. The van der Waals surface area contributed by atoms with Crippen molar-refractivity contribution in [1.29, 1.82) is 0 Å². The number of carbonyl (C=O) groups is 2. The van der Waals surface area contributed by atoms with Gasteiger partial charge in [0.1, 0.15) is 17.1 Å². The fraction of sp³-hybridized carbons (Fsp3) is 0.160. The minimum atomic E-state index is -0.479. The Hall–Kier alpha value is -4.11. The number of nitrogens with zero attached hydrogens (tertiary/aromatic N) is 1. The molecule has 2 aromatic heterocycles. The first kappa shape index (κ1) is 23.1. The molecule has 34 heavy (non-hydrogen) atoms. The Bertz CT molecular complexity index is 1400. The smallest absolute Gasteiger partial charge is 0.250 e. The standard InChI is InChI=1S/C25H23N3O5S/c1-14(8-24(30)28-25-27-15(13-34-25)9-23(26)29)17-10-18-19(12-33-22(18)11-21(17)32-3)16-6-4-5-7-20(16)31-2/h4-8,10-13H,9H2,1-3H3,(H2,26,29)(H,27,28,30)/b14-8+. The van der Waals surface area contributed by atoms with Crippen molar-refractivity contribution >= 4 is 44.8 Å². The fourth-order valence-corrected chi connectivity index (χ4v) is 4.36. The number of amides is 2. The number of nitrogens with one attached hydrogen (secondary N) is 1. The predicted molar refractivity (Wildman–Crippen MR) is 132 cm³/mol. The molecule has 4 aromatic rings. The zero-order valence-corrected chi connectivity index (χ0v) is 19.7. The number of thiazole rings is 1. The van der Waals surface area contributed by atoms with Crippen LogP contribution in [0.4, 0.5) is 5.13 Å². The lowest BCUT2D eigenvalue weighted by molar-refractivity contribution is -0.117. The monoisotopic (exact) mass is 477 g/mol. The Morgan fingerprint density at radius 3 is 2.65 bits per heavy atom. The van der Waals surface area contributed by atoms with Crippen LogP contribution in [0.15, 0.2) is 58.5 Å². The van der Waals surface area contributed by atoms with Gasteiger partial charge in [0.05, 0.1) is 32.6 Å². The van der Waals surface area contributed by atoms with E-state index < -0.39 is 5.91 Å². The first-order chi connectivity index (χ1) is 16.4. The van der Waals surface area contributed by atoms with Crippen molar-refractivity contribution in [3.05, 3.63) is 65.4 Å². The van der Waals surface area contributed by atoms with E-state index in [1.54, 1.807) is 31.9 Å². The highest BCUT2D eigenvalue weighted by atomic mass is 32.1. The van der Waals surface area contributed by atoms with Gasteiger partial charge in [-0.2, -0.15) is 0 Å². The first-order valence-electron chi connectivity index (χ1n) is 10.3.